The number of halogens is 1. The Morgan fingerprint density at radius 2 is 2.38 bits per heavy atom. The van der Waals surface area contributed by atoms with Crippen LogP contribution in [-0.2, 0) is 6.42 Å². The van der Waals surface area contributed by atoms with Crippen molar-refractivity contribution in [3.05, 3.63) is 28.8 Å². The van der Waals surface area contributed by atoms with Gasteiger partial charge in [0.2, 0.25) is 0 Å². The van der Waals surface area contributed by atoms with Gasteiger partial charge in [-0.3, -0.25) is 0 Å². The van der Waals surface area contributed by atoms with E-state index in [2.05, 4.69) is 5.32 Å². The molecule has 2 atom stereocenters. The highest BCUT2D eigenvalue weighted by molar-refractivity contribution is 6.30. The van der Waals surface area contributed by atoms with Crippen molar-refractivity contribution in [1.29, 1.82) is 0 Å². The first-order valence-electron chi connectivity index (χ1n) is 7.26. The van der Waals surface area contributed by atoms with E-state index in [0.29, 0.717) is 24.6 Å². The molecule has 1 unspecified atom stereocenters. The van der Waals surface area contributed by atoms with Crippen LogP contribution >= 0.6 is 11.6 Å². The number of likely N-dealkylation sites (tertiary alicyclic amines) is 1. The normalized spacial score (nSPS) is 24.4. The summed E-state index contributed by atoms with van der Waals surface area (Å²) in [4.78, 5) is 14.0. The van der Waals surface area contributed by atoms with Gasteiger partial charge in [-0.05, 0) is 43.0 Å². The molecule has 2 aliphatic heterocycles. The molecule has 1 aromatic rings. The van der Waals surface area contributed by atoms with Crippen LogP contribution in [-0.4, -0.2) is 47.9 Å². The molecule has 0 aliphatic carbocycles. The number of hydrogen-bond acceptors (Lipinski definition) is 3. The van der Waals surface area contributed by atoms with E-state index in [1.54, 1.807) is 11.0 Å². The molecule has 114 valence electrons. The number of rotatable bonds is 2. The first kappa shape index (κ1) is 14.5. The number of carbonyl (C=O) groups excluding carboxylic acids is 1. The smallest absolute Gasteiger partial charge is 0.318 e. The SMILES string of the molecule is O=C(NC1COc2ccc(Cl)cc2C1)N1CCC[C@@H]1CO. The summed E-state index contributed by atoms with van der Waals surface area (Å²) in [5.41, 5.74) is 1.01. The number of fused-ring (bicyclic) bond motifs is 1. The summed E-state index contributed by atoms with van der Waals surface area (Å²) in [5.74, 6) is 0.833. The van der Waals surface area contributed by atoms with Gasteiger partial charge in [0.15, 0.2) is 0 Å². The fraction of sp³-hybridized carbons (Fsp3) is 0.533. The van der Waals surface area contributed by atoms with E-state index in [4.69, 9.17) is 16.3 Å². The van der Waals surface area contributed by atoms with Crippen molar-refractivity contribution < 1.29 is 14.6 Å². The number of nitrogens with zero attached hydrogens (tertiary/aromatic N) is 1. The third kappa shape index (κ3) is 3.09. The summed E-state index contributed by atoms with van der Waals surface area (Å²) in [7, 11) is 0. The number of urea groups is 1. The molecule has 0 bridgehead atoms. The predicted molar refractivity (Wildman–Crippen MR) is 79.8 cm³/mol. The molecule has 0 radical (unpaired) electrons. The second kappa shape index (κ2) is 6.12. The number of benzene rings is 1. The molecule has 2 aliphatic rings. The van der Waals surface area contributed by atoms with Crippen molar-refractivity contribution in [2.75, 3.05) is 19.8 Å². The summed E-state index contributed by atoms with van der Waals surface area (Å²) in [6.45, 7) is 1.18. The van der Waals surface area contributed by atoms with E-state index in [1.165, 1.54) is 0 Å². The number of nitrogens with one attached hydrogen (secondary N) is 1. The van der Waals surface area contributed by atoms with Crippen LogP contribution < -0.4 is 10.1 Å². The molecule has 0 saturated carbocycles. The lowest BCUT2D eigenvalue weighted by atomic mass is 10.0. The number of aliphatic hydroxyl groups excluding tert-OH is 1. The fourth-order valence-electron chi connectivity index (χ4n) is 3.01. The molecule has 1 fully saturated rings. The maximum absolute atomic E-state index is 12.3. The van der Waals surface area contributed by atoms with Crippen LogP contribution in [0.4, 0.5) is 4.79 Å². The van der Waals surface area contributed by atoms with E-state index >= 15 is 0 Å². The van der Waals surface area contributed by atoms with Gasteiger partial charge in [0.1, 0.15) is 12.4 Å². The lowest BCUT2D eigenvalue weighted by Gasteiger charge is -2.30. The fourth-order valence-corrected chi connectivity index (χ4v) is 3.20. The van der Waals surface area contributed by atoms with Crippen LogP contribution in [0.25, 0.3) is 0 Å². The molecule has 2 heterocycles. The van der Waals surface area contributed by atoms with Gasteiger partial charge in [0, 0.05) is 11.6 Å². The van der Waals surface area contributed by atoms with Crippen molar-refractivity contribution in [2.45, 2.75) is 31.3 Å². The molecule has 3 rings (SSSR count). The average molecular weight is 311 g/mol. The van der Waals surface area contributed by atoms with E-state index in [1.807, 2.05) is 12.1 Å². The average Bonchev–Trinajstić information content (AvgIpc) is 2.95. The topological polar surface area (TPSA) is 61.8 Å². The minimum Gasteiger partial charge on any atom is -0.491 e. The minimum atomic E-state index is -0.120. The van der Waals surface area contributed by atoms with Crippen LogP contribution in [0, 0.1) is 0 Å². The Bertz CT molecular complexity index is 538. The van der Waals surface area contributed by atoms with Gasteiger partial charge in [0.25, 0.3) is 0 Å². The van der Waals surface area contributed by atoms with Gasteiger partial charge in [-0.15, -0.1) is 0 Å². The highest BCUT2D eigenvalue weighted by atomic mass is 35.5. The second-order valence-electron chi connectivity index (χ2n) is 5.59. The van der Waals surface area contributed by atoms with Gasteiger partial charge in [0.05, 0.1) is 18.7 Å². The van der Waals surface area contributed by atoms with E-state index < -0.39 is 0 Å². The molecule has 6 heteroatoms. The van der Waals surface area contributed by atoms with E-state index in [9.17, 15) is 9.90 Å². The lowest BCUT2D eigenvalue weighted by Crippen LogP contribution is -2.50. The third-order valence-corrected chi connectivity index (χ3v) is 4.34. The summed E-state index contributed by atoms with van der Waals surface area (Å²) in [5, 5.41) is 13.0. The Labute approximate surface area is 128 Å². The zero-order valence-corrected chi connectivity index (χ0v) is 12.5. The first-order chi connectivity index (χ1) is 10.2. The first-order valence-corrected chi connectivity index (χ1v) is 7.64. The number of hydrogen-bond donors (Lipinski definition) is 2. The second-order valence-corrected chi connectivity index (χ2v) is 6.02. The Morgan fingerprint density at radius 3 is 3.19 bits per heavy atom. The molecule has 2 amide bonds. The van der Waals surface area contributed by atoms with E-state index in [-0.39, 0.29) is 24.7 Å². The quantitative estimate of drug-likeness (QED) is 0.876. The zero-order valence-electron chi connectivity index (χ0n) is 11.7. The molecule has 1 aromatic carbocycles. The van der Waals surface area contributed by atoms with Crippen molar-refractivity contribution in [3.63, 3.8) is 0 Å². The van der Waals surface area contributed by atoms with E-state index in [0.717, 1.165) is 24.2 Å². The summed E-state index contributed by atoms with van der Waals surface area (Å²) >= 11 is 5.99. The molecule has 1 saturated heterocycles. The molecule has 2 N–H and O–H groups in total. The Kier molecular flexibility index (Phi) is 4.22. The Hall–Kier alpha value is -1.46. The van der Waals surface area contributed by atoms with Crippen LogP contribution in [0.1, 0.15) is 18.4 Å². The lowest BCUT2D eigenvalue weighted by molar-refractivity contribution is 0.149. The molecule has 21 heavy (non-hydrogen) atoms. The molecule has 0 spiro atoms. The van der Waals surface area contributed by atoms with Gasteiger partial charge >= 0.3 is 6.03 Å². The number of carbonyl (C=O) groups is 1. The molecule has 0 aromatic heterocycles. The summed E-state index contributed by atoms with van der Waals surface area (Å²) in [6.07, 6.45) is 2.51. The summed E-state index contributed by atoms with van der Waals surface area (Å²) < 4.78 is 5.67. The van der Waals surface area contributed by atoms with Gasteiger partial charge in [-0.1, -0.05) is 11.6 Å². The number of ether oxygens (including phenoxy) is 1. The van der Waals surface area contributed by atoms with Crippen LogP contribution in [0.2, 0.25) is 5.02 Å². The maximum Gasteiger partial charge on any atom is 0.318 e. The predicted octanol–water partition coefficient (Wildman–Crippen LogP) is 1.81. The molecule has 5 nitrogen and oxygen atoms in total. The summed E-state index contributed by atoms with van der Waals surface area (Å²) in [6, 6.07) is 5.29. The maximum atomic E-state index is 12.3. The molecular formula is C15H19ClN2O3. The molecular weight excluding hydrogens is 292 g/mol. The highest BCUT2D eigenvalue weighted by Crippen LogP contribution is 2.27. The standard InChI is InChI=1S/C15H19ClN2O3/c16-11-3-4-14-10(6-11)7-12(9-21-14)17-15(20)18-5-1-2-13(18)8-19/h3-4,6,12-13,19H,1-2,5,7-9H2,(H,17,20)/t12?,13-/m1/s1. The minimum absolute atomic E-state index is 0.0209. The number of amides is 2. The van der Waals surface area contributed by atoms with Crippen molar-refractivity contribution in [1.82, 2.24) is 10.2 Å². The highest BCUT2D eigenvalue weighted by Gasteiger charge is 2.30. The van der Waals surface area contributed by atoms with Gasteiger partial charge in [-0.2, -0.15) is 0 Å². The van der Waals surface area contributed by atoms with Crippen LogP contribution in [0.5, 0.6) is 5.75 Å². The monoisotopic (exact) mass is 310 g/mol. The van der Waals surface area contributed by atoms with Crippen molar-refractivity contribution in [2.24, 2.45) is 0 Å². The van der Waals surface area contributed by atoms with Crippen molar-refractivity contribution >= 4 is 17.6 Å². The van der Waals surface area contributed by atoms with Gasteiger partial charge in [-0.25, -0.2) is 4.79 Å². The third-order valence-electron chi connectivity index (χ3n) is 4.11. The Morgan fingerprint density at radius 1 is 1.52 bits per heavy atom. The van der Waals surface area contributed by atoms with Gasteiger partial charge < -0.3 is 20.1 Å². The van der Waals surface area contributed by atoms with Crippen molar-refractivity contribution in [3.8, 4) is 5.75 Å². The van der Waals surface area contributed by atoms with Crippen LogP contribution in [0.15, 0.2) is 18.2 Å². The van der Waals surface area contributed by atoms with Crippen LogP contribution in [0.3, 0.4) is 0 Å². The Balaban J connectivity index is 1.63. The number of aliphatic hydroxyl groups is 1. The largest absolute Gasteiger partial charge is 0.491 e. The zero-order chi connectivity index (χ0) is 14.8.